The number of hydrogen-bond donors (Lipinski definition) is 9. The van der Waals surface area contributed by atoms with Crippen LogP contribution < -0.4 is 0 Å². The summed E-state index contributed by atoms with van der Waals surface area (Å²) in [6.45, 7) is 16.6. The van der Waals surface area contributed by atoms with Crippen LogP contribution in [0.4, 0.5) is 9.15 Å². The van der Waals surface area contributed by atoms with Gasteiger partial charge in [0.15, 0.2) is 12.6 Å². The molecule has 57 heavy (non-hydrogen) atoms. The SMILES string of the molecule is CC(C)=CCC[C@](C)(OC1OC(CO)C(O)C(O)C1O)C1CC[C@]2(C)C1C(O)CC1[C@@]3(C)CCC(OC4OC(CO)C(O)C(O)C4O)C(C)(C)C3CC[C@]12C.FF. The minimum Gasteiger partial charge on any atom is -0.394 e. The number of fused-ring (bicyclic) bond motifs is 5. The molecule has 0 aromatic carbocycles. The van der Waals surface area contributed by atoms with Gasteiger partial charge in [-0.2, -0.15) is 0 Å². The van der Waals surface area contributed by atoms with Gasteiger partial charge in [0.05, 0.1) is 31.0 Å². The first kappa shape index (κ1) is 47.1. The van der Waals surface area contributed by atoms with Crippen molar-refractivity contribution in [3.8, 4) is 0 Å². The summed E-state index contributed by atoms with van der Waals surface area (Å²) in [4.78, 5) is 0. The molecule has 16 unspecified atom stereocenters. The van der Waals surface area contributed by atoms with Gasteiger partial charge >= 0.3 is 0 Å². The molecule has 13 nitrogen and oxygen atoms in total. The van der Waals surface area contributed by atoms with Crippen LogP contribution in [0.5, 0.6) is 0 Å². The normalized spacial score (nSPS) is 50.3. The van der Waals surface area contributed by atoms with E-state index in [9.17, 15) is 46.0 Å². The molecule has 2 heterocycles. The molecular formula is C42H72F2O13. The molecule has 15 heteroatoms. The molecule has 6 aliphatic rings. The fraction of sp³-hybridized carbons (Fsp3) is 0.952. The van der Waals surface area contributed by atoms with E-state index in [-0.39, 0.29) is 51.4 Å². The highest BCUT2D eigenvalue weighted by molar-refractivity contribution is 5.20. The van der Waals surface area contributed by atoms with E-state index in [0.717, 1.165) is 32.1 Å². The molecule has 2 aliphatic heterocycles. The molecule has 4 aliphatic carbocycles. The predicted molar refractivity (Wildman–Crippen MR) is 203 cm³/mol. The Morgan fingerprint density at radius 3 is 1.82 bits per heavy atom. The summed E-state index contributed by atoms with van der Waals surface area (Å²) in [6.07, 6.45) is -5.39. The van der Waals surface area contributed by atoms with Crippen LogP contribution in [0.15, 0.2) is 11.6 Å². The average Bonchev–Trinajstić information content (AvgIpc) is 3.55. The Kier molecular flexibility index (Phi) is 14.4. The van der Waals surface area contributed by atoms with Crippen LogP contribution in [0.2, 0.25) is 0 Å². The Bertz CT molecular complexity index is 1380. The predicted octanol–water partition coefficient (Wildman–Crippen LogP) is 2.99. The lowest BCUT2D eigenvalue weighted by Crippen LogP contribution is -2.67. The van der Waals surface area contributed by atoms with E-state index in [0.29, 0.717) is 25.7 Å². The van der Waals surface area contributed by atoms with Crippen LogP contribution >= 0.6 is 0 Å². The van der Waals surface area contributed by atoms with E-state index in [2.05, 4.69) is 40.7 Å². The average molecular weight is 823 g/mol. The third-order valence-corrected chi connectivity index (χ3v) is 16.7. The molecule has 4 saturated carbocycles. The van der Waals surface area contributed by atoms with E-state index in [1.165, 1.54) is 5.57 Å². The maximum Gasteiger partial charge on any atom is 0.187 e. The molecular weight excluding hydrogens is 750 g/mol. The Hall–Kier alpha value is -0.920. The minimum absolute atomic E-state index is 0.104. The number of halogens is 2. The highest BCUT2D eigenvalue weighted by Crippen LogP contribution is 2.76. The highest BCUT2D eigenvalue weighted by Gasteiger charge is 2.72. The standard InChI is InChI=1S/C42H72O13.F2/c1-21(2)10-9-14-42(8,55-37-35(51)33(49)31(47)25(20-44)53-37)22-11-16-41(7)29(22)23(45)18-27-39(5)15-13-28(38(3,4)26(39)12-17-40(27,41)6)54-36-34(50)32(48)30(46)24(19-43)52-36;1-2/h10,22-37,43-51H,9,11-20H2,1-8H3;/t22?,23?,24?,25?,26?,27?,28?,29?,30?,31?,32?,33?,34?,35?,36?,37?,39-,40+,41+,42-;/m0./s1. The summed E-state index contributed by atoms with van der Waals surface area (Å²) in [5.41, 5.74) is -0.592. The van der Waals surface area contributed by atoms with Gasteiger partial charge < -0.3 is 64.9 Å². The lowest BCUT2D eigenvalue weighted by atomic mass is 9.35. The van der Waals surface area contributed by atoms with E-state index < -0.39 is 86.3 Å². The monoisotopic (exact) mass is 822 g/mol. The molecule has 0 spiro atoms. The molecule has 2 saturated heterocycles. The van der Waals surface area contributed by atoms with Crippen LogP contribution in [0.1, 0.15) is 113 Å². The van der Waals surface area contributed by atoms with E-state index in [1.54, 1.807) is 0 Å². The van der Waals surface area contributed by atoms with E-state index in [4.69, 9.17) is 28.1 Å². The zero-order chi connectivity index (χ0) is 42.6. The van der Waals surface area contributed by atoms with Gasteiger partial charge in [-0.05, 0) is 124 Å². The first-order chi connectivity index (χ1) is 26.6. The molecule has 0 amide bonds. The molecule has 0 bridgehead atoms. The van der Waals surface area contributed by atoms with Gasteiger partial charge in [0.1, 0.15) is 48.8 Å². The molecule has 20 atom stereocenters. The topological polar surface area (TPSA) is 219 Å². The summed E-state index contributed by atoms with van der Waals surface area (Å²) < 4.78 is 40.9. The van der Waals surface area contributed by atoms with Crippen molar-refractivity contribution in [2.24, 2.45) is 45.3 Å². The largest absolute Gasteiger partial charge is 0.394 e. The lowest BCUT2D eigenvalue weighted by molar-refractivity contribution is -0.338. The molecule has 6 fully saturated rings. The van der Waals surface area contributed by atoms with E-state index in [1.807, 2.05) is 20.8 Å². The van der Waals surface area contributed by atoms with Gasteiger partial charge in [-0.15, -0.1) is 0 Å². The van der Waals surface area contributed by atoms with Crippen LogP contribution in [-0.4, -0.2) is 138 Å². The van der Waals surface area contributed by atoms with Gasteiger partial charge in [-0.25, -0.2) is 0 Å². The summed E-state index contributed by atoms with van der Waals surface area (Å²) in [5.74, 6) is 0.196. The number of aliphatic hydroxyl groups excluding tert-OH is 9. The Morgan fingerprint density at radius 2 is 1.26 bits per heavy atom. The van der Waals surface area contributed by atoms with Crippen molar-refractivity contribution in [1.82, 2.24) is 0 Å². The number of rotatable bonds is 10. The van der Waals surface area contributed by atoms with Crippen molar-refractivity contribution in [3.63, 3.8) is 0 Å². The fourth-order valence-corrected chi connectivity index (χ4v) is 13.4. The molecule has 9 N–H and O–H groups in total. The fourth-order valence-electron chi connectivity index (χ4n) is 13.4. The molecule has 332 valence electrons. The Labute approximate surface area is 336 Å². The summed E-state index contributed by atoms with van der Waals surface area (Å²) in [5, 5.41) is 95.9. The summed E-state index contributed by atoms with van der Waals surface area (Å²) >= 11 is 0. The maximum absolute atomic E-state index is 12.5. The first-order valence-electron chi connectivity index (χ1n) is 21.0. The second-order valence-corrected chi connectivity index (χ2v) is 20.1. The summed E-state index contributed by atoms with van der Waals surface area (Å²) in [6, 6.07) is 0. The van der Waals surface area contributed by atoms with Crippen LogP contribution in [-0.2, 0) is 18.9 Å². The summed E-state index contributed by atoms with van der Waals surface area (Å²) in [7, 11) is 0. The van der Waals surface area contributed by atoms with Gasteiger partial charge in [0, 0.05) is 9.15 Å². The van der Waals surface area contributed by atoms with Crippen molar-refractivity contribution in [2.75, 3.05) is 13.2 Å². The quantitative estimate of drug-likeness (QED) is 0.115. The second-order valence-electron chi connectivity index (χ2n) is 20.1. The van der Waals surface area contributed by atoms with Gasteiger partial charge in [0.2, 0.25) is 0 Å². The number of aliphatic hydroxyl groups is 9. The molecule has 0 radical (unpaired) electrons. The number of hydrogen-bond acceptors (Lipinski definition) is 13. The zero-order valence-corrected chi connectivity index (χ0v) is 35.0. The second kappa shape index (κ2) is 17.5. The van der Waals surface area contributed by atoms with Gasteiger partial charge in [-0.3, -0.25) is 0 Å². The Balaban J connectivity index is 0.00000305. The van der Waals surface area contributed by atoms with Crippen molar-refractivity contribution in [2.45, 2.75) is 192 Å². The van der Waals surface area contributed by atoms with Crippen LogP contribution in [0, 0.1) is 45.3 Å². The Morgan fingerprint density at radius 1 is 0.719 bits per heavy atom. The molecule has 6 rings (SSSR count). The third kappa shape index (κ3) is 7.91. The van der Waals surface area contributed by atoms with Gasteiger partial charge in [-0.1, -0.05) is 46.3 Å². The van der Waals surface area contributed by atoms with Gasteiger partial charge in [0.25, 0.3) is 0 Å². The van der Waals surface area contributed by atoms with Crippen molar-refractivity contribution in [3.05, 3.63) is 11.6 Å². The van der Waals surface area contributed by atoms with Crippen molar-refractivity contribution < 1.29 is 74.1 Å². The lowest BCUT2D eigenvalue weighted by Gasteiger charge is -2.71. The van der Waals surface area contributed by atoms with Crippen molar-refractivity contribution >= 4 is 0 Å². The zero-order valence-electron chi connectivity index (χ0n) is 35.0. The van der Waals surface area contributed by atoms with Crippen LogP contribution in [0.3, 0.4) is 0 Å². The van der Waals surface area contributed by atoms with Crippen LogP contribution in [0.25, 0.3) is 0 Å². The highest BCUT2D eigenvalue weighted by atomic mass is 20.0. The molecule has 0 aromatic rings. The van der Waals surface area contributed by atoms with E-state index >= 15 is 0 Å². The number of allylic oxidation sites excluding steroid dienone is 2. The maximum atomic E-state index is 12.5. The first-order valence-corrected chi connectivity index (χ1v) is 21.0. The smallest absolute Gasteiger partial charge is 0.187 e. The number of ether oxygens (including phenoxy) is 4. The molecule has 0 aromatic heterocycles. The third-order valence-electron chi connectivity index (χ3n) is 16.7. The minimum atomic E-state index is -1.55. The van der Waals surface area contributed by atoms with Crippen molar-refractivity contribution in [1.29, 1.82) is 0 Å².